The summed E-state index contributed by atoms with van der Waals surface area (Å²) in [6.07, 6.45) is 6.11. The predicted octanol–water partition coefficient (Wildman–Crippen LogP) is 1.99. The molecule has 1 aliphatic carbocycles. The zero-order valence-electron chi connectivity index (χ0n) is 11.1. The van der Waals surface area contributed by atoms with E-state index < -0.39 is 23.1 Å². The molecule has 0 atom stereocenters. The molecule has 0 bridgehead atoms. The lowest BCUT2D eigenvalue weighted by Gasteiger charge is -2.33. The van der Waals surface area contributed by atoms with Crippen molar-refractivity contribution in [2.24, 2.45) is 5.41 Å². The molecular weight excluding hydrogens is 263 g/mol. The van der Waals surface area contributed by atoms with Crippen LogP contribution in [0.25, 0.3) is 0 Å². The molecule has 1 saturated carbocycles. The van der Waals surface area contributed by atoms with E-state index in [0.717, 1.165) is 31.5 Å². The fourth-order valence-corrected chi connectivity index (χ4v) is 2.58. The fraction of sp³-hybridized carbons (Fsp3) is 0.500. The molecule has 1 aromatic heterocycles. The van der Waals surface area contributed by atoms with Gasteiger partial charge in [-0.1, -0.05) is 19.3 Å². The summed E-state index contributed by atoms with van der Waals surface area (Å²) in [6, 6.07) is 1.08. The summed E-state index contributed by atoms with van der Waals surface area (Å²) in [5.41, 5.74) is -0.796. The van der Waals surface area contributed by atoms with Gasteiger partial charge in [0.2, 0.25) is 0 Å². The van der Waals surface area contributed by atoms with E-state index in [0.29, 0.717) is 12.8 Å². The first-order chi connectivity index (χ1) is 9.53. The van der Waals surface area contributed by atoms with Gasteiger partial charge < -0.3 is 10.4 Å². The van der Waals surface area contributed by atoms with E-state index in [1.807, 2.05) is 0 Å². The summed E-state index contributed by atoms with van der Waals surface area (Å²) in [6.45, 7) is 0.0671. The van der Waals surface area contributed by atoms with Crippen molar-refractivity contribution in [2.75, 3.05) is 6.54 Å². The zero-order chi connectivity index (χ0) is 14.6. The third-order valence-corrected chi connectivity index (χ3v) is 3.82. The minimum absolute atomic E-state index is 0.0671. The second-order valence-corrected chi connectivity index (χ2v) is 5.22. The average Bonchev–Trinajstić information content (AvgIpc) is 2.45. The van der Waals surface area contributed by atoms with Gasteiger partial charge in [0.1, 0.15) is 5.82 Å². The number of rotatable bonds is 4. The standard InChI is InChI=1S/C14H17FN2O3/c15-11-6-10(7-16-8-11)12(18)17-9-14(13(19)20)4-2-1-3-5-14/h6-8H,1-5,9H2,(H,17,18)(H,19,20). The maximum Gasteiger partial charge on any atom is 0.311 e. The number of carboxylic acids is 1. The molecule has 1 fully saturated rings. The molecule has 1 aliphatic rings. The molecular formula is C14H17FN2O3. The number of nitrogens with one attached hydrogen (secondary N) is 1. The highest BCUT2D eigenvalue weighted by Crippen LogP contribution is 2.36. The first-order valence-electron chi connectivity index (χ1n) is 6.66. The highest BCUT2D eigenvalue weighted by Gasteiger charge is 2.39. The number of aliphatic carboxylic acids is 1. The second-order valence-electron chi connectivity index (χ2n) is 5.22. The summed E-state index contributed by atoms with van der Waals surface area (Å²) >= 11 is 0. The van der Waals surface area contributed by atoms with Gasteiger partial charge in [-0.05, 0) is 18.9 Å². The molecule has 20 heavy (non-hydrogen) atoms. The Morgan fingerprint density at radius 3 is 2.60 bits per heavy atom. The molecule has 0 radical (unpaired) electrons. The van der Waals surface area contributed by atoms with Gasteiger partial charge in [-0.2, -0.15) is 0 Å². The Morgan fingerprint density at radius 2 is 2.00 bits per heavy atom. The first-order valence-corrected chi connectivity index (χ1v) is 6.66. The van der Waals surface area contributed by atoms with Crippen LogP contribution in [0, 0.1) is 11.2 Å². The van der Waals surface area contributed by atoms with Gasteiger partial charge in [-0.3, -0.25) is 14.6 Å². The van der Waals surface area contributed by atoms with E-state index in [4.69, 9.17) is 0 Å². The Balaban J connectivity index is 2.02. The quantitative estimate of drug-likeness (QED) is 0.884. The Hall–Kier alpha value is -1.98. The van der Waals surface area contributed by atoms with Crippen LogP contribution < -0.4 is 5.32 Å². The molecule has 6 heteroatoms. The molecule has 0 spiro atoms. The van der Waals surface area contributed by atoms with E-state index in [-0.39, 0.29) is 12.1 Å². The molecule has 1 amide bonds. The molecule has 108 valence electrons. The molecule has 0 aliphatic heterocycles. The molecule has 5 nitrogen and oxygen atoms in total. The number of pyridine rings is 1. The largest absolute Gasteiger partial charge is 0.481 e. The predicted molar refractivity (Wildman–Crippen MR) is 69.7 cm³/mol. The highest BCUT2D eigenvalue weighted by molar-refractivity contribution is 5.94. The van der Waals surface area contributed by atoms with Crippen LogP contribution in [0.4, 0.5) is 4.39 Å². The highest BCUT2D eigenvalue weighted by atomic mass is 19.1. The van der Waals surface area contributed by atoms with Crippen LogP contribution in [0.5, 0.6) is 0 Å². The minimum Gasteiger partial charge on any atom is -0.481 e. The van der Waals surface area contributed by atoms with Gasteiger partial charge in [0.15, 0.2) is 0 Å². The molecule has 2 N–H and O–H groups in total. The summed E-state index contributed by atoms with van der Waals surface area (Å²) in [5.74, 6) is -1.97. The number of carbonyl (C=O) groups is 2. The third kappa shape index (κ3) is 3.12. The Labute approximate surface area is 116 Å². The van der Waals surface area contributed by atoms with E-state index >= 15 is 0 Å². The van der Waals surface area contributed by atoms with Gasteiger partial charge in [0.25, 0.3) is 5.91 Å². The van der Waals surface area contributed by atoms with Crippen molar-refractivity contribution in [3.05, 3.63) is 29.8 Å². The number of hydrogen-bond donors (Lipinski definition) is 2. The molecule has 0 unspecified atom stereocenters. The van der Waals surface area contributed by atoms with Crippen molar-refractivity contribution in [1.29, 1.82) is 0 Å². The lowest BCUT2D eigenvalue weighted by molar-refractivity contribution is -0.150. The van der Waals surface area contributed by atoms with E-state index in [9.17, 15) is 19.1 Å². The second kappa shape index (κ2) is 5.98. The van der Waals surface area contributed by atoms with Crippen LogP contribution >= 0.6 is 0 Å². The van der Waals surface area contributed by atoms with Crippen molar-refractivity contribution in [3.63, 3.8) is 0 Å². The van der Waals surface area contributed by atoms with Gasteiger partial charge in [0, 0.05) is 12.7 Å². The van der Waals surface area contributed by atoms with Gasteiger partial charge in [-0.15, -0.1) is 0 Å². The summed E-state index contributed by atoms with van der Waals surface area (Å²) in [4.78, 5) is 26.9. The van der Waals surface area contributed by atoms with Crippen LogP contribution in [0.3, 0.4) is 0 Å². The van der Waals surface area contributed by atoms with Gasteiger partial charge >= 0.3 is 5.97 Å². The lowest BCUT2D eigenvalue weighted by Crippen LogP contribution is -2.44. The number of carbonyl (C=O) groups excluding carboxylic acids is 1. The van der Waals surface area contributed by atoms with Crippen molar-refractivity contribution < 1.29 is 19.1 Å². The molecule has 1 aromatic rings. The Morgan fingerprint density at radius 1 is 1.30 bits per heavy atom. The van der Waals surface area contributed by atoms with E-state index in [1.165, 1.54) is 6.20 Å². The SMILES string of the molecule is O=C(NCC1(C(=O)O)CCCCC1)c1cncc(F)c1. The van der Waals surface area contributed by atoms with E-state index in [2.05, 4.69) is 10.3 Å². The summed E-state index contributed by atoms with van der Waals surface area (Å²) in [7, 11) is 0. The van der Waals surface area contributed by atoms with Crippen molar-refractivity contribution in [1.82, 2.24) is 10.3 Å². The Kier molecular flexibility index (Phi) is 4.32. The van der Waals surface area contributed by atoms with Gasteiger partial charge in [0.05, 0.1) is 17.2 Å². The summed E-state index contributed by atoms with van der Waals surface area (Å²) < 4.78 is 13.0. The topological polar surface area (TPSA) is 79.3 Å². The zero-order valence-corrected chi connectivity index (χ0v) is 11.1. The number of hydrogen-bond acceptors (Lipinski definition) is 3. The lowest BCUT2D eigenvalue weighted by atomic mass is 9.74. The number of aromatic nitrogens is 1. The fourth-order valence-electron chi connectivity index (χ4n) is 2.58. The van der Waals surface area contributed by atoms with Crippen molar-refractivity contribution in [2.45, 2.75) is 32.1 Å². The van der Waals surface area contributed by atoms with Crippen LogP contribution in [0.15, 0.2) is 18.5 Å². The average molecular weight is 280 g/mol. The van der Waals surface area contributed by atoms with Crippen molar-refractivity contribution in [3.8, 4) is 0 Å². The Bertz CT molecular complexity index is 513. The molecule has 2 rings (SSSR count). The van der Waals surface area contributed by atoms with Crippen LogP contribution in [-0.4, -0.2) is 28.5 Å². The summed E-state index contributed by atoms with van der Waals surface area (Å²) in [5, 5.41) is 12.0. The maximum absolute atomic E-state index is 13.0. The molecule has 0 aromatic carbocycles. The maximum atomic E-state index is 13.0. The molecule has 1 heterocycles. The van der Waals surface area contributed by atoms with E-state index in [1.54, 1.807) is 0 Å². The van der Waals surface area contributed by atoms with Crippen LogP contribution in [0.1, 0.15) is 42.5 Å². The number of amides is 1. The van der Waals surface area contributed by atoms with Crippen LogP contribution in [-0.2, 0) is 4.79 Å². The van der Waals surface area contributed by atoms with Crippen molar-refractivity contribution >= 4 is 11.9 Å². The van der Waals surface area contributed by atoms with Gasteiger partial charge in [-0.25, -0.2) is 4.39 Å². The van der Waals surface area contributed by atoms with Crippen LogP contribution in [0.2, 0.25) is 0 Å². The minimum atomic E-state index is -0.894. The number of carboxylic acid groups (broad SMARTS) is 1. The first kappa shape index (κ1) is 14.4. The normalized spacial score (nSPS) is 17.4. The monoisotopic (exact) mass is 280 g/mol. The third-order valence-electron chi connectivity index (χ3n) is 3.82. The number of nitrogens with zero attached hydrogens (tertiary/aromatic N) is 1. The smallest absolute Gasteiger partial charge is 0.311 e. The number of halogens is 1. The molecule has 0 saturated heterocycles.